The summed E-state index contributed by atoms with van der Waals surface area (Å²) < 4.78 is 68.9. The molecule has 0 aliphatic heterocycles. The fraction of sp³-hybridized carbons (Fsp3) is 0.0615. The van der Waals surface area contributed by atoms with Crippen LogP contribution in [0.1, 0.15) is 22.4 Å². The number of aryl methyl sites for hydroxylation is 3. The number of imidazole rings is 3. The molecule has 0 amide bonds. The van der Waals surface area contributed by atoms with Gasteiger partial charge in [0.25, 0.3) is 0 Å². The number of alkyl halides is 3. The van der Waals surface area contributed by atoms with Gasteiger partial charge in [-0.2, -0.15) is 13.2 Å². The van der Waals surface area contributed by atoms with Crippen molar-refractivity contribution in [3.05, 3.63) is 253 Å². The van der Waals surface area contributed by atoms with Crippen LogP contribution in [0.4, 0.5) is 22.0 Å². The Kier molecular flexibility index (Phi) is 15.7. The van der Waals surface area contributed by atoms with Crippen LogP contribution in [0.15, 0.2) is 213 Å². The van der Waals surface area contributed by atoms with Crippen molar-refractivity contribution in [1.82, 2.24) is 63.8 Å². The van der Waals surface area contributed by atoms with Crippen molar-refractivity contribution >= 4 is 33.5 Å². The molecular formula is C65H44F5IrN13-2. The van der Waals surface area contributed by atoms with Gasteiger partial charge in [-0.3, -0.25) is 27.5 Å². The molecule has 13 nitrogen and oxygen atoms in total. The van der Waals surface area contributed by atoms with E-state index in [0.29, 0.717) is 11.4 Å². The van der Waals surface area contributed by atoms with Gasteiger partial charge in [0, 0.05) is 85.1 Å². The van der Waals surface area contributed by atoms with Gasteiger partial charge < -0.3 is 15.2 Å². The molecule has 0 bridgehead atoms. The third kappa shape index (κ3) is 11.1. The topological polar surface area (TPSA) is 145 Å². The maximum absolute atomic E-state index is 13.2. The maximum Gasteiger partial charge on any atom is 0.431 e. The first-order chi connectivity index (χ1) is 40.4. The number of rotatable bonds is 8. The monoisotopic (exact) mass is 1290 g/mol. The van der Waals surface area contributed by atoms with Crippen LogP contribution in [0.2, 0.25) is 0 Å². The predicted molar refractivity (Wildman–Crippen MR) is 308 cm³/mol. The molecule has 14 aromatic rings. The zero-order valence-electron chi connectivity index (χ0n) is 44.7. The first-order valence-electron chi connectivity index (χ1n) is 26.0. The summed E-state index contributed by atoms with van der Waals surface area (Å²) in [5.74, 6) is 0.990. The Hall–Kier alpha value is -10.2. The minimum absolute atomic E-state index is 0. The van der Waals surface area contributed by atoms with Crippen LogP contribution in [0.3, 0.4) is 0 Å². The number of hydrogen-bond donors (Lipinski definition) is 0. The SMILES string of the molecule is Cc1ccccc1-n1c(-c2cc(-c3nc4cccnc4n3-c3ccccc3C)cc(-c3nc4cccnc4n3-c3ccccc3C)c2)nc2cccnc21.FC(F)(F)c1cc(-c2ccccn2)[n-]n1.Fc1c[c-]c(-c2ccccn2)c(F)c1.[Ir]. The largest absolute Gasteiger partial charge is 0.573 e. The molecule has 0 N–H and O–H groups in total. The van der Waals surface area contributed by atoms with Crippen LogP contribution in [-0.4, -0.2) is 58.7 Å². The molecule has 5 aromatic carbocycles. The fourth-order valence-electron chi connectivity index (χ4n) is 9.69. The second-order valence-electron chi connectivity index (χ2n) is 19.1. The first-order valence-corrected chi connectivity index (χ1v) is 26.0. The maximum atomic E-state index is 13.2. The van der Waals surface area contributed by atoms with Crippen molar-refractivity contribution in [2.45, 2.75) is 26.9 Å². The standard InChI is InChI=1S/C45H33N9.C11H6F2N.C9H5F3N3.Ir/c1-28-13-4-7-19-37(28)52-40(49-34-16-10-22-46-43(34)52)31-25-32(41-50-35-17-11-23-47-44(35)53(41)38-20-8-5-14-29(38)2)27-33(26-31)42-51-36-18-12-24-48-45(36)54(42)39-21-9-6-15-30(39)3;12-8-4-5-9(10(13)7-8)11-3-1-2-6-14-11;10-9(11,12)8-5-7(14-15-8)6-3-1-2-4-13-6;/h4-27H,1-3H3;1-4,6-7H;1-5H;/q;2*-1;. The molecule has 84 heavy (non-hydrogen) atoms. The van der Waals surface area contributed by atoms with E-state index in [2.05, 4.69) is 152 Å². The number of halogens is 5. The van der Waals surface area contributed by atoms with Crippen molar-refractivity contribution in [3.63, 3.8) is 0 Å². The van der Waals surface area contributed by atoms with Crippen molar-refractivity contribution < 1.29 is 42.1 Å². The second kappa shape index (κ2) is 23.7. The van der Waals surface area contributed by atoms with E-state index < -0.39 is 23.5 Å². The molecule has 415 valence electrons. The average Bonchev–Trinajstić information content (AvgIpc) is 2.06. The average molecular weight is 1290 g/mol. The summed E-state index contributed by atoms with van der Waals surface area (Å²) >= 11 is 0. The van der Waals surface area contributed by atoms with Gasteiger partial charge in [0.1, 0.15) is 39.7 Å². The second-order valence-corrected chi connectivity index (χ2v) is 19.1. The fourth-order valence-corrected chi connectivity index (χ4v) is 9.69. The zero-order chi connectivity index (χ0) is 57.2. The van der Waals surface area contributed by atoms with Crippen molar-refractivity contribution in [3.8, 4) is 73.9 Å². The van der Waals surface area contributed by atoms with Crippen LogP contribution in [-0.2, 0) is 26.3 Å². The van der Waals surface area contributed by atoms with E-state index in [1.807, 2.05) is 55.0 Å². The van der Waals surface area contributed by atoms with Crippen LogP contribution in [0, 0.1) is 38.5 Å². The normalized spacial score (nSPS) is 11.2. The zero-order valence-corrected chi connectivity index (χ0v) is 47.1. The van der Waals surface area contributed by atoms with Crippen molar-refractivity contribution in [2.24, 2.45) is 0 Å². The third-order valence-corrected chi connectivity index (χ3v) is 13.6. The molecule has 0 fully saturated rings. The van der Waals surface area contributed by atoms with Gasteiger partial charge in [-0.1, -0.05) is 90.1 Å². The van der Waals surface area contributed by atoms with E-state index in [9.17, 15) is 22.0 Å². The Morgan fingerprint density at radius 3 is 1.20 bits per heavy atom. The third-order valence-electron chi connectivity index (χ3n) is 13.6. The summed E-state index contributed by atoms with van der Waals surface area (Å²) in [4.78, 5) is 38.1. The molecule has 0 unspecified atom stereocenters. The van der Waals surface area contributed by atoms with Crippen LogP contribution < -0.4 is 5.10 Å². The van der Waals surface area contributed by atoms with Crippen LogP contribution in [0.25, 0.3) is 107 Å². The molecule has 9 aromatic heterocycles. The summed E-state index contributed by atoms with van der Waals surface area (Å²) in [6.45, 7) is 6.35. The van der Waals surface area contributed by atoms with Gasteiger partial charge in [0.2, 0.25) is 0 Å². The number of para-hydroxylation sites is 3. The molecule has 0 atom stereocenters. The Morgan fingerprint density at radius 2 is 0.833 bits per heavy atom. The number of benzene rings is 5. The van der Waals surface area contributed by atoms with E-state index in [0.717, 1.165) is 120 Å². The van der Waals surface area contributed by atoms with Gasteiger partial charge in [0.05, 0.1) is 17.1 Å². The summed E-state index contributed by atoms with van der Waals surface area (Å²) in [7, 11) is 0. The van der Waals surface area contributed by atoms with Crippen molar-refractivity contribution in [1.29, 1.82) is 0 Å². The molecule has 19 heteroatoms. The predicted octanol–water partition coefficient (Wildman–Crippen LogP) is 14.8. The summed E-state index contributed by atoms with van der Waals surface area (Å²) in [6.07, 6.45) is 4.03. The number of aromatic nitrogens is 13. The van der Waals surface area contributed by atoms with E-state index in [-0.39, 0.29) is 31.4 Å². The smallest absolute Gasteiger partial charge is 0.431 e. The Bertz CT molecular complexity index is 4310. The Morgan fingerprint density at radius 1 is 0.440 bits per heavy atom. The van der Waals surface area contributed by atoms with Gasteiger partial charge in [0.15, 0.2) is 16.9 Å². The molecule has 9 heterocycles. The molecule has 0 saturated carbocycles. The van der Waals surface area contributed by atoms with Crippen LogP contribution >= 0.6 is 0 Å². The summed E-state index contributed by atoms with van der Waals surface area (Å²) in [5, 5.41) is 6.47. The quantitative estimate of drug-likeness (QED) is 0.106. The van der Waals surface area contributed by atoms with Gasteiger partial charge >= 0.3 is 6.18 Å². The first kappa shape index (κ1) is 55.7. The number of pyridine rings is 5. The number of fused-ring (bicyclic) bond motifs is 3. The molecule has 0 aliphatic rings. The van der Waals surface area contributed by atoms with Gasteiger partial charge in [-0.25, -0.2) is 29.9 Å². The number of nitrogens with zero attached hydrogens (tertiary/aromatic N) is 13. The number of hydrogen-bond acceptors (Lipinski definition) is 9. The van der Waals surface area contributed by atoms with E-state index in [1.165, 1.54) is 6.20 Å². The molecule has 0 aliphatic carbocycles. The minimum atomic E-state index is -4.46. The Labute approximate surface area is 490 Å². The molecule has 1 radical (unpaired) electrons. The summed E-state index contributed by atoms with van der Waals surface area (Å²) in [5.41, 5.74) is 13.9. The molecular weight excluding hydrogens is 1250 g/mol. The van der Waals surface area contributed by atoms with E-state index in [4.69, 9.17) is 29.9 Å². The summed E-state index contributed by atoms with van der Waals surface area (Å²) in [6, 6.07) is 58.7. The van der Waals surface area contributed by atoms with E-state index in [1.54, 1.807) is 42.6 Å². The molecule has 0 spiro atoms. The molecule has 0 saturated heterocycles. The van der Waals surface area contributed by atoms with Crippen LogP contribution in [0.5, 0.6) is 0 Å². The van der Waals surface area contributed by atoms with Gasteiger partial charge in [-0.05, 0) is 140 Å². The van der Waals surface area contributed by atoms with E-state index >= 15 is 0 Å². The van der Waals surface area contributed by atoms with Crippen molar-refractivity contribution in [2.75, 3.05) is 0 Å². The molecule has 14 rings (SSSR count). The van der Waals surface area contributed by atoms with Gasteiger partial charge in [-0.15, -0.1) is 12.1 Å². The Balaban J connectivity index is 0.000000199. The minimum Gasteiger partial charge on any atom is -0.573 e.